The minimum absolute atomic E-state index is 0.0771. The van der Waals surface area contributed by atoms with Gasteiger partial charge in [-0.3, -0.25) is 9.59 Å². The van der Waals surface area contributed by atoms with E-state index in [0.717, 1.165) is 30.5 Å². The number of rotatable bonds is 10. The lowest BCUT2D eigenvalue weighted by atomic mass is 10.1. The number of hydrogen-bond acceptors (Lipinski definition) is 7. The summed E-state index contributed by atoms with van der Waals surface area (Å²) in [5.74, 6) is 0.108. The normalized spacial score (nSPS) is 12.0. The van der Waals surface area contributed by atoms with E-state index < -0.39 is 17.7 Å². The van der Waals surface area contributed by atoms with E-state index in [1.807, 2.05) is 6.92 Å². The number of esters is 1. The minimum Gasteiger partial charge on any atom is -0.469 e. The summed E-state index contributed by atoms with van der Waals surface area (Å²) in [7, 11) is 1.28. The number of nitrogens with one attached hydrogen (secondary N) is 2. The largest absolute Gasteiger partial charge is 0.469 e. The zero-order valence-electron chi connectivity index (χ0n) is 19.8. The van der Waals surface area contributed by atoms with Gasteiger partial charge in [0.25, 0.3) is 5.91 Å². The smallest absolute Gasteiger partial charge is 0.416 e. The van der Waals surface area contributed by atoms with Gasteiger partial charge in [0, 0.05) is 36.3 Å². The number of amides is 1. The van der Waals surface area contributed by atoms with Crippen LogP contribution in [0.25, 0.3) is 11.4 Å². The fourth-order valence-electron chi connectivity index (χ4n) is 3.36. The number of halogens is 3. The molecule has 0 saturated carbocycles. The zero-order valence-corrected chi connectivity index (χ0v) is 19.8. The Balaban J connectivity index is 1.65. The molecule has 11 heteroatoms. The van der Waals surface area contributed by atoms with E-state index in [2.05, 4.69) is 30.3 Å². The van der Waals surface area contributed by atoms with Gasteiger partial charge in [0.15, 0.2) is 5.82 Å². The van der Waals surface area contributed by atoms with Crippen LogP contribution < -0.4 is 10.6 Å². The molecule has 0 unspecified atom stereocenters. The summed E-state index contributed by atoms with van der Waals surface area (Å²) in [6, 6.07) is 7.83. The Morgan fingerprint density at radius 3 is 2.25 bits per heavy atom. The summed E-state index contributed by atoms with van der Waals surface area (Å²) in [6.07, 6.45) is 1.99. The maximum absolute atomic E-state index is 12.8. The van der Waals surface area contributed by atoms with Gasteiger partial charge in [-0.15, -0.1) is 0 Å². The molecular weight excluding hydrogens is 475 g/mol. The van der Waals surface area contributed by atoms with E-state index in [0.29, 0.717) is 22.8 Å². The SMILES string of the molecule is CCC[C@H](Nc1ccc(C(=O)NCCC(=O)OC)cn1)c1cnc(-c2ccc(C(F)(F)F)cc2)nc1. The molecule has 1 amide bonds. The molecule has 1 atom stereocenters. The van der Waals surface area contributed by atoms with Crippen LogP contribution in [0.3, 0.4) is 0 Å². The minimum atomic E-state index is -4.40. The molecule has 0 aliphatic heterocycles. The van der Waals surface area contributed by atoms with Crippen LogP contribution in [-0.4, -0.2) is 40.5 Å². The Bertz CT molecular complexity index is 1150. The second-order valence-electron chi connectivity index (χ2n) is 7.91. The summed E-state index contributed by atoms with van der Waals surface area (Å²) in [4.78, 5) is 36.3. The molecule has 190 valence electrons. The van der Waals surface area contributed by atoms with Gasteiger partial charge < -0.3 is 15.4 Å². The first kappa shape index (κ1) is 26.6. The summed E-state index contributed by atoms with van der Waals surface area (Å²) in [6.45, 7) is 2.19. The molecule has 1 aromatic carbocycles. The Morgan fingerprint density at radius 1 is 1.00 bits per heavy atom. The Hall–Kier alpha value is -4.02. The van der Waals surface area contributed by atoms with Crippen molar-refractivity contribution in [2.24, 2.45) is 0 Å². The third kappa shape index (κ3) is 7.24. The lowest BCUT2D eigenvalue weighted by Gasteiger charge is -2.19. The van der Waals surface area contributed by atoms with Gasteiger partial charge in [-0.05, 0) is 30.7 Å². The van der Waals surface area contributed by atoms with Crippen LogP contribution in [0.4, 0.5) is 19.0 Å². The number of pyridine rings is 1. The van der Waals surface area contributed by atoms with Crippen molar-refractivity contribution in [1.29, 1.82) is 0 Å². The number of hydrogen-bond donors (Lipinski definition) is 2. The van der Waals surface area contributed by atoms with Crippen LogP contribution >= 0.6 is 0 Å². The van der Waals surface area contributed by atoms with Gasteiger partial charge in [-0.25, -0.2) is 15.0 Å². The maximum atomic E-state index is 12.8. The summed E-state index contributed by atoms with van der Waals surface area (Å²) in [5, 5.41) is 5.93. The van der Waals surface area contributed by atoms with Crippen LogP contribution in [0.2, 0.25) is 0 Å². The maximum Gasteiger partial charge on any atom is 0.416 e. The molecule has 8 nitrogen and oxygen atoms in total. The molecule has 2 heterocycles. The molecular formula is C25H26F3N5O3. The van der Waals surface area contributed by atoms with Crippen molar-refractivity contribution in [2.75, 3.05) is 19.0 Å². The molecule has 0 bridgehead atoms. The first-order valence-electron chi connectivity index (χ1n) is 11.3. The highest BCUT2D eigenvalue weighted by molar-refractivity contribution is 5.94. The lowest BCUT2D eigenvalue weighted by Crippen LogP contribution is -2.26. The van der Waals surface area contributed by atoms with Crippen molar-refractivity contribution in [3.05, 3.63) is 71.7 Å². The number of nitrogens with zero attached hydrogens (tertiary/aromatic N) is 3. The van der Waals surface area contributed by atoms with Gasteiger partial charge in [0.1, 0.15) is 5.82 Å². The number of carbonyl (C=O) groups is 2. The van der Waals surface area contributed by atoms with E-state index in [1.165, 1.54) is 25.4 Å². The second kappa shape index (κ2) is 12.1. The Labute approximate surface area is 206 Å². The summed E-state index contributed by atoms with van der Waals surface area (Å²) >= 11 is 0. The van der Waals surface area contributed by atoms with E-state index >= 15 is 0 Å². The summed E-state index contributed by atoms with van der Waals surface area (Å²) in [5.41, 5.74) is 0.893. The van der Waals surface area contributed by atoms with Crippen LogP contribution in [0.1, 0.15) is 53.7 Å². The van der Waals surface area contributed by atoms with Crippen molar-refractivity contribution < 1.29 is 27.5 Å². The molecule has 0 aliphatic rings. The van der Waals surface area contributed by atoms with Crippen molar-refractivity contribution in [3.8, 4) is 11.4 Å². The van der Waals surface area contributed by atoms with E-state index in [4.69, 9.17) is 0 Å². The average Bonchev–Trinajstić information content (AvgIpc) is 2.88. The topological polar surface area (TPSA) is 106 Å². The highest BCUT2D eigenvalue weighted by atomic mass is 19.4. The molecule has 2 N–H and O–H groups in total. The second-order valence-corrected chi connectivity index (χ2v) is 7.91. The molecule has 0 spiro atoms. The van der Waals surface area contributed by atoms with E-state index in [-0.39, 0.29) is 24.9 Å². The van der Waals surface area contributed by atoms with Crippen molar-refractivity contribution in [1.82, 2.24) is 20.3 Å². The molecule has 2 aromatic heterocycles. The van der Waals surface area contributed by atoms with Crippen molar-refractivity contribution in [3.63, 3.8) is 0 Å². The van der Waals surface area contributed by atoms with Crippen molar-refractivity contribution in [2.45, 2.75) is 38.4 Å². The molecule has 3 rings (SSSR count). The highest BCUT2D eigenvalue weighted by Gasteiger charge is 2.30. The van der Waals surface area contributed by atoms with E-state index in [1.54, 1.807) is 24.5 Å². The van der Waals surface area contributed by atoms with Crippen LogP contribution in [-0.2, 0) is 15.7 Å². The first-order valence-corrected chi connectivity index (χ1v) is 11.3. The monoisotopic (exact) mass is 501 g/mol. The molecule has 0 saturated heterocycles. The molecule has 0 radical (unpaired) electrons. The Morgan fingerprint density at radius 2 is 1.69 bits per heavy atom. The fraction of sp³-hybridized carbons (Fsp3) is 0.320. The number of methoxy groups -OCH3 is 1. The van der Waals surface area contributed by atoms with Gasteiger partial charge in [-0.1, -0.05) is 25.5 Å². The molecule has 3 aromatic rings. The quantitative estimate of drug-likeness (QED) is 0.384. The number of alkyl halides is 3. The van der Waals surface area contributed by atoms with Gasteiger partial charge in [0.05, 0.1) is 30.7 Å². The highest BCUT2D eigenvalue weighted by Crippen LogP contribution is 2.30. The molecule has 0 fully saturated rings. The van der Waals surface area contributed by atoms with Gasteiger partial charge >= 0.3 is 12.1 Å². The van der Waals surface area contributed by atoms with Crippen LogP contribution in [0, 0.1) is 0 Å². The fourth-order valence-corrected chi connectivity index (χ4v) is 3.36. The third-order valence-corrected chi connectivity index (χ3v) is 5.31. The first-order chi connectivity index (χ1) is 17.2. The summed E-state index contributed by atoms with van der Waals surface area (Å²) < 4.78 is 42.9. The van der Waals surface area contributed by atoms with Crippen LogP contribution in [0.15, 0.2) is 55.0 Å². The zero-order chi connectivity index (χ0) is 26.1. The number of carbonyl (C=O) groups excluding carboxylic acids is 2. The Kier molecular flexibility index (Phi) is 8.93. The average molecular weight is 502 g/mol. The number of ether oxygens (including phenoxy) is 1. The molecule has 36 heavy (non-hydrogen) atoms. The lowest BCUT2D eigenvalue weighted by molar-refractivity contribution is -0.140. The number of anilines is 1. The third-order valence-electron chi connectivity index (χ3n) is 5.31. The standard InChI is InChI=1S/C25H26F3N5O3/c1-3-4-20(33-21-10-7-17(13-30-21)24(35)29-12-11-22(34)36-2)18-14-31-23(32-15-18)16-5-8-19(9-6-16)25(26,27)28/h5-10,13-15,20H,3-4,11-12H2,1-2H3,(H,29,35)(H,30,33)/t20-/m0/s1. The van der Waals surface area contributed by atoms with Gasteiger partial charge in [-0.2, -0.15) is 13.2 Å². The predicted molar refractivity (Wildman–Crippen MR) is 127 cm³/mol. The van der Waals surface area contributed by atoms with Crippen LogP contribution in [0.5, 0.6) is 0 Å². The predicted octanol–water partition coefficient (Wildman–Crippen LogP) is 4.80. The van der Waals surface area contributed by atoms with E-state index in [9.17, 15) is 22.8 Å². The van der Waals surface area contributed by atoms with Gasteiger partial charge in [0.2, 0.25) is 0 Å². The number of aromatic nitrogens is 3. The van der Waals surface area contributed by atoms with Crippen molar-refractivity contribution >= 4 is 17.7 Å². The molecule has 0 aliphatic carbocycles. The number of benzene rings is 1.